The van der Waals surface area contributed by atoms with Crippen LogP contribution in [-0.2, 0) is 23.4 Å². The fourth-order valence-electron chi connectivity index (χ4n) is 6.45. The number of nitriles is 1. The third kappa shape index (κ3) is 6.70. The Kier molecular flexibility index (Phi) is 9.51. The first-order valence-electron chi connectivity index (χ1n) is 14.8. The zero-order valence-corrected chi connectivity index (χ0v) is 25.5. The number of likely N-dealkylation sites (tertiary alicyclic amines) is 1. The van der Waals surface area contributed by atoms with E-state index < -0.39 is 0 Å². The Morgan fingerprint density at radius 2 is 2.10 bits per heavy atom. The van der Waals surface area contributed by atoms with Gasteiger partial charge in [-0.3, -0.25) is 4.79 Å². The van der Waals surface area contributed by atoms with Gasteiger partial charge in [-0.25, -0.2) is 4.98 Å². The molecule has 1 amide bonds. The molecule has 3 aliphatic rings. The lowest BCUT2D eigenvalue weighted by atomic mass is 9.95. The van der Waals surface area contributed by atoms with Crippen LogP contribution in [0.25, 0.3) is 0 Å². The number of nitrogens with zero attached hydrogens (tertiary/aromatic N) is 6. The monoisotopic (exact) mass is 574 g/mol. The lowest BCUT2D eigenvalue weighted by Crippen LogP contribution is -2.55. The third-order valence-electron chi connectivity index (χ3n) is 8.94. The molecular weight excluding hydrogens is 532 g/mol. The summed E-state index contributed by atoms with van der Waals surface area (Å²) in [6.45, 7) is 11.3. The van der Waals surface area contributed by atoms with E-state index in [1.54, 1.807) is 4.90 Å². The lowest BCUT2D eigenvalue weighted by Gasteiger charge is -2.41. The molecule has 3 atom stereocenters. The molecule has 9 heteroatoms. The van der Waals surface area contributed by atoms with Gasteiger partial charge < -0.3 is 19.4 Å². The maximum Gasteiger partial charge on any atom is 0.318 e. The van der Waals surface area contributed by atoms with Gasteiger partial charge in [0, 0.05) is 47.9 Å². The number of hydrogen-bond acceptors (Lipinski definition) is 8. The van der Waals surface area contributed by atoms with Crippen LogP contribution in [0.2, 0.25) is 0 Å². The van der Waals surface area contributed by atoms with Crippen molar-refractivity contribution in [3.63, 3.8) is 0 Å². The summed E-state index contributed by atoms with van der Waals surface area (Å²) in [5.41, 5.74) is 6.45. The molecule has 0 aliphatic carbocycles. The molecule has 1 aromatic heterocycles. The zero-order valence-electron chi connectivity index (χ0n) is 24.6. The van der Waals surface area contributed by atoms with Crippen molar-refractivity contribution in [2.75, 3.05) is 44.7 Å². The Labute approximate surface area is 248 Å². The Balaban J connectivity index is 1.38. The predicted octanol–water partition coefficient (Wildman–Crippen LogP) is 4.47. The molecule has 1 aromatic carbocycles. The summed E-state index contributed by atoms with van der Waals surface area (Å²) in [5, 5.41) is 10.1. The Morgan fingerprint density at radius 3 is 2.85 bits per heavy atom. The third-order valence-corrected chi connectivity index (χ3v) is 10.3. The van der Waals surface area contributed by atoms with Gasteiger partial charge in [-0.2, -0.15) is 22.0 Å². The molecule has 0 N–H and O–H groups in total. The standard InChI is InChI=1S/C32H42N6O2S/c1-5-30(39)38-17-16-37(19-25(38)13-14-33)31-28(12-11-27-18-29-22(2)8-6-9-24(29)21-41-27)23(3)34-32(35-31)40-20-26-10-7-15-36(26)4/h5-6,8-9,25-27H,1,7,10-13,15-21H2,2-4H3/t25?,26?,27-/m0/s1. The molecule has 41 heavy (non-hydrogen) atoms. The van der Waals surface area contributed by atoms with Crippen LogP contribution < -0.4 is 9.64 Å². The van der Waals surface area contributed by atoms with Crippen LogP contribution in [0, 0.1) is 25.2 Å². The molecule has 218 valence electrons. The number of fused-ring (bicyclic) bond motifs is 1. The van der Waals surface area contributed by atoms with Gasteiger partial charge in [0.05, 0.1) is 18.5 Å². The summed E-state index contributed by atoms with van der Waals surface area (Å²) in [7, 11) is 2.14. The fraction of sp³-hybridized carbons (Fsp3) is 0.562. The first-order chi connectivity index (χ1) is 19.9. The highest BCUT2D eigenvalue weighted by Crippen LogP contribution is 2.36. The highest BCUT2D eigenvalue weighted by Gasteiger charge is 2.32. The van der Waals surface area contributed by atoms with Crippen LogP contribution in [0.4, 0.5) is 5.82 Å². The molecule has 2 unspecified atom stereocenters. The number of amides is 1. The number of benzene rings is 1. The molecule has 5 rings (SSSR count). The van der Waals surface area contributed by atoms with Crippen LogP contribution in [-0.4, -0.2) is 82.8 Å². The summed E-state index contributed by atoms with van der Waals surface area (Å²) in [5.74, 6) is 1.82. The molecule has 0 saturated carbocycles. The zero-order chi connectivity index (χ0) is 28.9. The molecule has 2 saturated heterocycles. The second-order valence-corrected chi connectivity index (χ2v) is 12.9. The van der Waals surface area contributed by atoms with Gasteiger partial charge in [0.2, 0.25) is 5.91 Å². The minimum Gasteiger partial charge on any atom is -0.462 e. The Bertz CT molecular complexity index is 1310. The minimum absolute atomic E-state index is 0.126. The van der Waals surface area contributed by atoms with Gasteiger partial charge in [0.25, 0.3) is 0 Å². The molecule has 0 spiro atoms. The fourth-order valence-corrected chi connectivity index (χ4v) is 7.70. The highest BCUT2D eigenvalue weighted by molar-refractivity contribution is 7.99. The Hall–Kier alpha value is -3.09. The maximum atomic E-state index is 12.5. The van der Waals surface area contributed by atoms with Crippen molar-refractivity contribution in [1.29, 1.82) is 5.26 Å². The van der Waals surface area contributed by atoms with Crippen molar-refractivity contribution >= 4 is 23.5 Å². The highest BCUT2D eigenvalue weighted by atomic mass is 32.2. The number of aryl methyl sites for hydroxylation is 2. The number of ether oxygens (including phenoxy) is 1. The number of likely N-dealkylation sites (N-methyl/N-ethyl adjacent to an activating group) is 1. The molecule has 0 bridgehead atoms. The summed E-state index contributed by atoms with van der Waals surface area (Å²) in [4.78, 5) is 28.7. The number of rotatable bonds is 9. The topological polar surface area (TPSA) is 85.6 Å². The average molecular weight is 575 g/mol. The molecule has 3 aliphatic heterocycles. The first kappa shape index (κ1) is 29.4. The second-order valence-electron chi connectivity index (χ2n) is 11.6. The van der Waals surface area contributed by atoms with E-state index in [0.29, 0.717) is 43.5 Å². The number of hydrogen-bond donors (Lipinski definition) is 0. The van der Waals surface area contributed by atoms with Gasteiger partial charge in [-0.1, -0.05) is 24.8 Å². The molecule has 8 nitrogen and oxygen atoms in total. The van der Waals surface area contributed by atoms with E-state index in [9.17, 15) is 10.1 Å². The smallest absolute Gasteiger partial charge is 0.318 e. The van der Waals surface area contributed by atoms with Gasteiger partial charge in [-0.05, 0) is 82.3 Å². The number of thioether (sulfide) groups is 1. The van der Waals surface area contributed by atoms with Crippen LogP contribution in [0.15, 0.2) is 30.9 Å². The molecular formula is C32H42N6O2S. The minimum atomic E-state index is -0.216. The molecule has 0 radical (unpaired) electrons. The van der Waals surface area contributed by atoms with Crippen molar-refractivity contribution in [2.24, 2.45) is 0 Å². The summed E-state index contributed by atoms with van der Waals surface area (Å²) < 4.78 is 6.20. The van der Waals surface area contributed by atoms with Crippen LogP contribution in [0.3, 0.4) is 0 Å². The maximum absolute atomic E-state index is 12.5. The van der Waals surface area contributed by atoms with Crippen molar-refractivity contribution in [3.05, 3.63) is 58.8 Å². The first-order valence-corrected chi connectivity index (χ1v) is 15.9. The van der Waals surface area contributed by atoms with Crippen molar-refractivity contribution < 1.29 is 9.53 Å². The number of carbonyl (C=O) groups excluding carboxylic acids is 1. The normalized spacial score (nSPS) is 22.7. The average Bonchev–Trinajstić information content (AvgIpc) is 3.39. The second kappa shape index (κ2) is 13.3. The van der Waals surface area contributed by atoms with E-state index in [1.165, 1.54) is 29.2 Å². The van der Waals surface area contributed by atoms with E-state index in [4.69, 9.17) is 14.7 Å². The SMILES string of the molecule is C=CC(=O)N1CCN(c2nc(OCC3CCCN3C)nc(C)c2CC[C@H]2Cc3c(C)cccc3CS2)CC1CC#N. The van der Waals surface area contributed by atoms with Gasteiger partial charge >= 0.3 is 6.01 Å². The van der Waals surface area contributed by atoms with Crippen LogP contribution in [0.1, 0.15) is 53.6 Å². The lowest BCUT2D eigenvalue weighted by molar-refractivity contribution is -0.128. The quantitative estimate of drug-likeness (QED) is 0.406. The number of aromatic nitrogens is 2. The molecule has 2 aromatic rings. The predicted molar refractivity (Wildman–Crippen MR) is 164 cm³/mol. The largest absolute Gasteiger partial charge is 0.462 e. The van der Waals surface area contributed by atoms with Crippen molar-refractivity contribution in [2.45, 2.75) is 75.5 Å². The van der Waals surface area contributed by atoms with Crippen molar-refractivity contribution in [3.8, 4) is 12.1 Å². The number of piperazine rings is 1. The van der Waals surface area contributed by atoms with E-state index in [0.717, 1.165) is 55.1 Å². The summed E-state index contributed by atoms with van der Waals surface area (Å²) >= 11 is 2.05. The summed E-state index contributed by atoms with van der Waals surface area (Å²) in [6, 6.07) is 9.50. The van der Waals surface area contributed by atoms with Crippen LogP contribution >= 0.6 is 11.8 Å². The molecule has 2 fully saturated rings. The number of carbonyl (C=O) groups is 1. The van der Waals surface area contributed by atoms with Crippen molar-refractivity contribution in [1.82, 2.24) is 19.8 Å². The Morgan fingerprint density at radius 1 is 1.24 bits per heavy atom. The van der Waals surface area contributed by atoms with E-state index in [2.05, 4.69) is 61.5 Å². The summed E-state index contributed by atoms with van der Waals surface area (Å²) in [6.07, 6.45) is 6.92. The van der Waals surface area contributed by atoms with E-state index >= 15 is 0 Å². The van der Waals surface area contributed by atoms with Gasteiger partial charge in [0.1, 0.15) is 12.4 Å². The van der Waals surface area contributed by atoms with Crippen LogP contribution in [0.5, 0.6) is 6.01 Å². The molecule has 4 heterocycles. The van der Waals surface area contributed by atoms with Gasteiger partial charge in [0.15, 0.2) is 0 Å². The van der Waals surface area contributed by atoms with Gasteiger partial charge in [-0.15, -0.1) is 0 Å². The van der Waals surface area contributed by atoms with E-state index in [-0.39, 0.29) is 18.4 Å². The number of anilines is 1. The van der Waals surface area contributed by atoms with E-state index in [1.807, 2.05) is 11.8 Å².